The minimum absolute atomic E-state index is 0.501. The molecule has 0 bridgehead atoms. The molecule has 0 radical (unpaired) electrons. The van der Waals surface area contributed by atoms with E-state index in [0.717, 1.165) is 29.0 Å². The van der Waals surface area contributed by atoms with E-state index in [-0.39, 0.29) is 0 Å². The van der Waals surface area contributed by atoms with Crippen LogP contribution in [0.5, 0.6) is 0 Å². The molecule has 1 N–H and O–H groups in total. The lowest BCUT2D eigenvalue weighted by molar-refractivity contribution is 0.168. The second-order valence-corrected chi connectivity index (χ2v) is 6.39. The molecule has 0 saturated carbocycles. The topological polar surface area (TPSA) is 37.5 Å². The predicted molar refractivity (Wildman–Crippen MR) is 92.5 cm³/mol. The second-order valence-electron chi connectivity index (χ2n) is 6.39. The zero-order valence-corrected chi connectivity index (χ0v) is 13.5. The monoisotopic (exact) mass is 306 g/mol. The van der Waals surface area contributed by atoms with Gasteiger partial charge in [-0.25, -0.2) is 4.98 Å². The first-order valence-corrected chi connectivity index (χ1v) is 8.55. The van der Waals surface area contributed by atoms with Crippen molar-refractivity contribution >= 4 is 5.65 Å². The molecule has 3 heteroatoms. The molecule has 0 saturated heterocycles. The Bertz CT molecular complexity index is 850. The van der Waals surface area contributed by atoms with E-state index in [4.69, 9.17) is 4.98 Å². The van der Waals surface area contributed by atoms with E-state index in [1.54, 1.807) is 0 Å². The minimum atomic E-state index is -0.501. The summed E-state index contributed by atoms with van der Waals surface area (Å²) in [6, 6.07) is 12.7. The van der Waals surface area contributed by atoms with Gasteiger partial charge in [-0.2, -0.15) is 0 Å². The fraction of sp³-hybridized carbons (Fsp3) is 0.350. The largest absolute Gasteiger partial charge is 0.387 e. The number of pyridine rings is 1. The zero-order chi connectivity index (χ0) is 15.8. The molecule has 1 atom stereocenters. The van der Waals surface area contributed by atoms with Crippen LogP contribution in [0.15, 0.2) is 42.6 Å². The Balaban J connectivity index is 1.91. The zero-order valence-electron chi connectivity index (χ0n) is 13.5. The van der Waals surface area contributed by atoms with Gasteiger partial charge < -0.3 is 9.51 Å². The second kappa shape index (κ2) is 5.82. The number of aliphatic hydroxyl groups excluding tert-OH is 1. The van der Waals surface area contributed by atoms with Crippen molar-refractivity contribution in [1.29, 1.82) is 0 Å². The summed E-state index contributed by atoms with van der Waals surface area (Å²) in [5, 5.41) is 10.5. The summed E-state index contributed by atoms with van der Waals surface area (Å²) in [4.78, 5) is 4.80. The molecule has 2 aromatic heterocycles. The number of benzene rings is 1. The van der Waals surface area contributed by atoms with Crippen LogP contribution in [0.2, 0.25) is 0 Å². The third-order valence-corrected chi connectivity index (χ3v) is 4.89. The molecule has 0 spiro atoms. The van der Waals surface area contributed by atoms with Gasteiger partial charge in [0, 0.05) is 11.8 Å². The Morgan fingerprint density at radius 1 is 1.13 bits per heavy atom. The molecular formula is C20H22N2O. The summed E-state index contributed by atoms with van der Waals surface area (Å²) >= 11 is 0. The Morgan fingerprint density at radius 2 is 1.96 bits per heavy atom. The highest BCUT2D eigenvalue weighted by atomic mass is 16.3. The Morgan fingerprint density at radius 3 is 2.78 bits per heavy atom. The van der Waals surface area contributed by atoms with Crippen molar-refractivity contribution in [2.24, 2.45) is 0 Å². The molecule has 3 aromatic rings. The van der Waals surface area contributed by atoms with E-state index in [9.17, 15) is 5.11 Å². The average Bonchev–Trinajstić information content (AvgIpc) is 3.00. The first kappa shape index (κ1) is 14.5. The predicted octanol–water partition coefficient (Wildman–Crippen LogP) is 4.32. The van der Waals surface area contributed by atoms with Crippen molar-refractivity contribution in [2.45, 2.75) is 45.1 Å². The first-order chi connectivity index (χ1) is 11.3. The van der Waals surface area contributed by atoms with E-state index < -0.39 is 6.10 Å². The molecule has 1 aliphatic carbocycles. The fourth-order valence-electron chi connectivity index (χ4n) is 3.62. The number of imidazole rings is 1. The fourth-order valence-corrected chi connectivity index (χ4v) is 3.62. The molecular weight excluding hydrogens is 284 g/mol. The molecule has 3 nitrogen and oxygen atoms in total. The number of nitrogens with zero attached hydrogens (tertiary/aromatic N) is 2. The highest BCUT2D eigenvalue weighted by Gasteiger charge is 2.20. The van der Waals surface area contributed by atoms with E-state index in [1.807, 2.05) is 35.7 Å². The van der Waals surface area contributed by atoms with Crippen LogP contribution in [0.4, 0.5) is 0 Å². The first-order valence-electron chi connectivity index (χ1n) is 8.55. The molecule has 118 valence electrons. The Labute approximate surface area is 136 Å². The number of hydrogen-bond donors (Lipinski definition) is 1. The summed E-state index contributed by atoms with van der Waals surface area (Å²) in [6.07, 6.45) is 7.07. The maximum Gasteiger partial charge on any atom is 0.137 e. The van der Waals surface area contributed by atoms with Crippen LogP contribution in [0, 0.1) is 0 Å². The van der Waals surface area contributed by atoms with Crippen LogP contribution < -0.4 is 0 Å². The maximum atomic E-state index is 10.5. The standard InChI is InChI=1S/C20H22N2O/c1-2-17(23)20-19(21-18-9-5-6-12-22(18)20)16-11-10-14-7-3-4-8-15(14)13-16/h5-6,9-13,17,23H,2-4,7-8H2,1H3. The van der Waals surface area contributed by atoms with E-state index >= 15 is 0 Å². The maximum absolute atomic E-state index is 10.5. The molecule has 0 aliphatic heterocycles. The Hall–Kier alpha value is -2.13. The third kappa shape index (κ3) is 2.45. The van der Waals surface area contributed by atoms with Crippen molar-refractivity contribution in [3.05, 3.63) is 59.4 Å². The molecule has 1 aliphatic rings. The van der Waals surface area contributed by atoms with Gasteiger partial charge in [0.2, 0.25) is 0 Å². The van der Waals surface area contributed by atoms with Crippen LogP contribution in [-0.4, -0.2) is 14.5 Å². The van der Waals surface area contributed by atoms with Crippen molar-refractivity contribution in [2.75, 3.05) is 0 Å². The van der Waals surface area contributed by atoms with Crippen LogP contribution >= 0.6 is 0 Å². The number of hydrogen-bond acceptors (Lipinski definition) is 2. The van der Waals surface area contributed by atoms with Crippen molar-refractivity contribution in [1.82, 2.24) is 9.38 Å². The summed E-state index contributed by atoms with van der Waals surface area (Å²) in [5.74, 6) is 0. The lowest BCUT2D eigenvalue weighted by Gasteiger charge is -2.17. The normalized spacial score (nSPS) is 15.6. The van der Waals surface area contributed by atoms with Crippen molar-refractivity contribution in [3.8, 4) is 11.3 Å². The van der Waals surface area contributed by atoms with Gasteiger partial charge in [0.25, 0.3) is 0 Å². The van der Waals surface area contributed by atoms with Crippen molar-refractivity contribution < 1.29 is 5.11 Å². The van der Waals surface area contributed by atoms with Gasteiger partial charge in [0.1, 0.15) is 5.65 Å². The number of aryl methyl sites for hydroxylation is 2. The van der Waals surface area contributed by atoms with E-state index in [0.29, 0.717) is 6.42 Å². The van der Waals surface area contributed by atoms with Crippen LogP contribution in [-0.2, 0) is 12.8 Å². The minimum Gasteiger partial charge on any atom is -0.387 e. The van der Waals surface area contributed by atoms with Crippen LogP contribution in [0.3, 0.4) is 0 Å². The highest BCUT2D eigenvalue weighted by molar-refractivity contribution is 5.68. The number of aliphatic hydroxyl groups is 1. The number of fused-ring (bicyclic) bond motifs is 2. The van der Waals surface area contributed by atoms with Gasteiger partial charge in [-0.15, -0.1) is 0 Å². The van der Waals surface area contributed by atoms with E-state index in [2.05, 4.69) is 18.2 Å². The molecule has 23 heavy (non-hydrogen) atoms. The van der Waals surface area contributed by atoms with Gasteiger partial charge >= 0.3 is 0 Å². The van der Waals surface area contributed by atoms with Gasteiger partial charge in [-0.3, -0.25) is 0 Å². The Kier molecular flexibility index (Phi) is 3.66. The van der Waals surface area contributed by atoms with Gasteiger partial charge in [0.05, 0.1) is 17.5 Å². The molecule has 0 fully saturated rings. The van der Waals surface area contributed by atoms with Crippen LogP contribution in [0.1, 0.15) is 49.1 Å². The van der Waals surface area contributed by atoms with Gasteiger partial charge in [-0.05, 0) is 61.4 Å². The molecule has 1 aromatic carbocycles. The average molecular weight is 306 g/mol. The summed E-state index contributed by atoms with van der Waals surface area (Å²) < 4.78 is 2.02. The lowest BCUT2D eigenvalue weighted by atomic mass is 9.89. The molecule has 2 heterocycles. The SMILES string of the molecule is CCC(O)c1c(-c2ccc3c(c2)CCCC3)nc2ccccn12. The highest BCUT2D eigenvalue weighted by Crippen LogP contribution is 2.33. The number of rotatable bonds is 3. The molecule has 1 unspecified atom stereocenters. The molecule has 4 rings (SSSR count). The summed E-state index contributed by atoms with van der Waals surface area (Å²) in [7, 11) is 0. The van der Waals surface area contributed by atoms with Crippen molar-refractivity contribution in [3.63, 3.8) is 0 Å². The quantitative estimate of drug-likeness (QED) is 0.782. The van der Waals surface area contributed by atoms with E-state index in [1.165, 1.54) is 30.4 Å². The summed E-state index contributed by atoms with van der Waals surface area (Å²) in [6.45, 7) is 2.00. The van der Waals surface area contributed by atoms with Gasteiger partial charge in [0.15, 0.2) is 0 Å². The lowest BCUT2D eigenvalue weighted by Crippen LogP contribution is -2.04. The third-order valence-electron chi connectivity index (χ3n) is 4.89. The van der Waals surface area contributed by atoms with Gasteiger partial charge in [-0.1, -0.05) is 25.1 Å². The van der Waals surface area contributed by atoms with Crippen LogP contribution in [0.25, 0.3) is 16.9 Å². The molecule has 0 amide bonds. The number of aromatic nitrogens is 2. The smallest absolute Gasteiger partial charge is 0.137 e. The summed E-state index contributed by atoms with van der Waals surface area (Å²) in [5.41, 5.74) is 6.75.